The van der Waals surface area contributed by atoms with Crippen LogP contribution in [-0.4, -0.2) is 31.2 Å². The standard InChI is InChI=1S/C14H19N3O2/c1-9-14(17-13(16-9)8-15-2)11-6-5-10(18-3)7-12(11)19-4/h5-7,15H,8H2,1-4H3,(H,16,17). The first-order chi connectivity index (χ1) is 9.19. The average Bonchev–Trinajstić information content (AvgIpc) is 2.79. The van der Waals surface area contributed by atoms with Crippen LogP contribution in [0, 0.1) is 6.92 Å². The molecule has 0 aliphatic carbocycles. The Kier molecular flexibility index (Phi) is 4.06. The molecular weight excluding hydrogens is 242 g/mol. The van der Waals surface area contributed by atoms with Gasteiger partial charge in [-0.05, 0) is 26.1 Å². The number of imidazole rings is 1. The molecule has 0 spiro atoms. The lowest BCUT2D eigenvalue weighted by Gasteiger charge is -2.09. The van der Waals surface area contributed by atoms with Gasteiger partial charge in [-0.25, -0.2) is 4.98 Å². The van der Waals surface area contributed by atoms with Crippen molar-refractivity contribution in [1.82, 2.24) is 15.3 Å². The average molecular weight is 261 g/mol. The third-order valence-corrected chi connectivity index (χ3v) is 2.94. The van der Waals surface area contributed by atoms with E-state index < -0.39 is 0 Å². The summed E-state index contributed by atoms with van der Waals surface area (Å²) >= 11 is 0. The number of aromatic nitrogens is 2. The second-order valence-corrected chi connectivity index (χ2v) is 4.25. The molecule has 5 nitrogen and oxygen atoms in total. The fraction of sp³-hybridized carbons (Fsp3) is 0.357. The summed E-state index contributed by atoms with van der Waals surface area (Å²) in [5, 5.41) is 3.08. The number of aromatic amines is 1. The maximum absolute atomic E-state index is 5.42. The summed E-state index contributed by atoms with van der Waals surface area (Å²) in [5.74, 6) is 2.43. The van der Waals surface area contributed by atoms with Gasteiger partial charge in [0.2, 0.25) is 0 Å². The van der Waals surface area contributed by atoms with Crippen molar-refractivity contribution >= 4 is 0 Å². The lowest BCUT2D eigenvalue weighted by atomic mass is 10.1. The highest BCUT2D eigenvalue weighted by Crippen LogP contribution is 2.33. The van der Waals surface area contributed by atoms with Gasteiger partial charge < -0.3 is 19.8 Å². The van der Waals surface area contributed by atoms with Gasteiger partial charge in [-0.1, -0.05) is 0 Å². The molecule has 0 atom stereocenters. The van der Waals surface area contributed by atoms with Gasteiger partial charge in [-0.15, -0.1) is 0 Å². The molecule has 1 aromatic carbocycles. The highest BCUT2D eigenvalue weighted by Gasteiger charge is 2.14. The Morgan fingerprint density at radius 1 is 1.26 bits per heavy atom. The molecule has 0 fully saturated rings. The predicted molar refractivity (Wildman–Crippen MR) is 74.6 cm³/mol. The summed E-state index contributed by atoms with van der Waals surface area (Å²) in [4.78, 5) is 7.86. The number of hydrogen-bond donors (Lipinski definition) is 2. The van der Waals surface area contributed by atoms with Crippen molar-refractivity contribution < 1.29 is 9.47 Å². The Morgan fingerprint density at radius 2 is 2.05 bits per heavy atom. The molecule has 2 aromatic rings. The first-order valence-electron chi connectivity index (χ1n) is 6.12. The van der Waals surface area contributed by atoms with Gasteiger partial charge in [-0.3, -0.25) is 0 Å². The smallest absolute Gasteiger partial charge is 0.132 e. The molecule has 0 amide bonds. The molecule has 0 aliphatic rings. The van der Waals surface area contributed by atoms with E-state index in [9.17, 15) is 0 Å². The third-order valence-electron chi connectivity index (χ3n) is 2.94. The maximum atomic E-state index is 5.42. The van der Waals surface area contributed by atoms with Gasteiger partial charge in [0.25, 0.3) is 0 Å². The molecule has 0 bridgehead atoms. The highest BCUT2D eigenvalue weighted by molar-refractivity contribution is 5.70. The molecule has 2 N–H and O–H groups in total. The van der Waals surface area contributed by atoms with Gasteiger partial charge in [0.15, 0.2) is 0 Å². The lowest BCUT2D eigenvalue weighted by Crippen LogP contribution is -2.06. The van der Waals surface area contributed by atoms with Crippen molar-refractivity contribution in [1.29, 1.82) is 0 Å². The Labute approximate surface area is 113 Å². The first kappa shape index (κ1) is 13.4. The molecule has 0 saturated carbocycles. The zero-order chi connectivity index (χ0) is 13.8. The molecule has 1 aromatic heterocycles. The first-order valence-corrected chi connectivity index (χ1v) is 6.12. The minimum absolute atomic E-state index is 0.708. The normalized spacial score (nSPS) is 10.5. The number of hydrogen-bond acceptors (Lipinski definition) is 4. The summed E-state index contributed by atoms with van der Waals surface area (Å²) in [5.41, 5.74) is 2.89. The Bertz CT molecular complexity index is 564. The zero-order valence-electron chi connectivity index (χ0n) is 11.7. The molecule has 2 rings (SSSR count). The predicted octanol–water partition coefficient (Wildman–Crippen LogP) is 2.12. The molecule has 0 saturated heterocycles. The molecule has 102 valence electrons. The highest BCUT2D eigenvalue weighted by atomic mass is 16.5. The molecule has 0 radical (unpaired) electrons. The number of nitrogens with zero attached hydrogens (tertiary/aromatic N) is 1. The second-order valence-electron chi connectivity index (χ2n) is 4.25. The van der Waals surface area contributed by atoms with Crippen LogP contribution in [-0.2, 0) is 6.54 Å². The number of rotatable bonds is 5. The van der Waals surface area contributed by atoms with Crippen molar-refractivity contribution in [3.63, 3.8) is 0 Å². The summed E-state index contributed by atoms with van der Waals surface area (Å²) in [6.45, 7) is 2.71. The van der Waals surface area contributed by atoms with Crippen molar-refractivity contribution in [2.24, 2.45) is 0 Å². The number of ether oxygens (including phenoxy) is 2. The van der Waals surface area contributed by atoms with Gasteiger partial charge >= 0.3 is 0 Å². The van der Waals surface area contributed by atoms with Gasteiger partial charge in [0.1, 0.15) is 17.3 Å². The summed E-state index contributed by atoms with van der Waals surface area (Å²) < 4.78 is 10.6. The van der Waals surface area contributed by atoms with Crippen LogP contribution in [0.2, 0.25) is 0 Å². The minimum Gasteiger partial charge on any atom is -0.497 e. The van der Waals surface area contributed by atoms with E-state index >= 15 is 0 Å². The fourth-order valence-corrected chi connectivity index (χ4v) is 2.03. The van der Waals surface area contributed by atoms with Crippen LogP contribution in [0.25, 0.3) is 11.3 Å². The number of nitrogens with one attached hydrogen (secondary N) is 2. The quantitative estimate of drug-likeness (QED) is 0.865. The third kappa shape index (κ3) is 2.71. The number of benzene rings is 1. The van der Waals surface area contributed by atoms with Crippen LogP contribution in [0.3, 0.4) is 0 Å². The van der Waals surface area contributed by atoms with Crippen molar-refractivity contribution in [3.05, 3.63) is 29.7 Å². The van der Waals surface area contributed by atoms with E-state index in [1.54, 1.807) is 14.2 Å². The monoisotopic (exact) mass is 261 g/mol. The van der Waals surface area contributed by atoms with Gasteiger partial charge in [0, 0.05) is 17.3 Å². The Morgan fingerprint density at radius 3 is 2.68 bits per heavy atom. The zero-order valence-corrected chi connectivity index (χ0v) is 11.7. The van der Waals surface area contributed by atoms with E-state index in [-0.39, 0.29) is 0 Å². The van der Waals surface area contributed by atoms with E-state index in [1.165, 1.54) is 0 Å². The van der Waals surface area contributed by atoms with Crippen LogP contribution >= 0.6 is 0 Å². The molecular formula is C14H19N3O2. The van der Waals surface area contributed by atoms with Crippen LogP contribution < -0.4 is 14.8 Å². The van der Waals surface area contributed by atoms with Crippen molar-refractivity contribution in [2.45, 2.75) is 13.5 Å². The minimum atomic E-state index is 0.708. The van der Waals surface area contributed by atoms with E-state index in [0.717, 1.165) is 34.3 Å². The van der Waals surface area contributed by atoms with Crippen molar-refractivity contribution in [3.8, 4) is 22.8 Å². The number of H-pyrrole nitrogens is 1. The molecule has 0 unspecified atom stereocenters. The van der Waals surface area contributed by atoms with Crippen LogP contribution in [0.15, 0.2) is 18.2 Å². The maximum Gasteiger partial charge on any atom is 0.132 e. The summed E-state index contributed by atoms with van der Waals surface area (Å²) in [6, 6.07) is 5.73. The largest absolute Gasteiger partial charge is 0.497 e. The molecule has 1 heterocycles. The Balaban J connectivity index is 2.45. The Hall–Kier alpha value is -2.01. The summed E-state index contributed by atoms with van der Waals surface area (Å²) in [7, 11) is 5.18. The van der Waals surface area contributed by atoms with Crippen LogP contribution in [0.5, 0.6) is 11.5 Å². The number of methoxy groups -OCH3 is 2. The van der Waals surface area contributed by atoms with Gasteiger partial charge in [0.05, 0.1) is 26.5 Å². The van der Waals surface area contributed by atoms with Crippen LogP contribution in [0.4, 0.5) is 0 Å². The molecule has 0 aliphatic heterocycles. The van der Waals surface area contributed by atoms with E-state index in [4.69, 9.17) is 9.47 Å². The molecule has 19 heavy (non-hydrogen) atoms. The number of aryl methyl sites for hydroxylation is 1. The lowest BCUT2D eigenvalue weighted by molar-refractivity contribution is 0.395. The fourth-order valence-electron chi connectivity index (χ4n) is 2.03. The topological polar surface area (TPSA) is 59.2 Å². The van der Waals surface area contributed by atoms with Gasteiger partial charge in [-0.2, -0.15) is 0 Å². The molecule has 5 heteroatoms. The second kappa shape index (κ2) is 5.75. The van der Waals surface area contributed by atoms with E-state index in [2.05, 4.69) is 15.3 Å². The SMILES string of the molecule is CNCc1nc(-c2ccc(OC)cc2OC)c(C)[nH]1. The van der Waals surface area contributed by atoms with Crippen molar-refractivity contribution in [2.75, 3.05) is 21.3 Å². The van der Waals surface area contributed by atoms with E-state index in [1.807, 2.05) is 32.2 Å². The van der Waals surface area contributed by atoms with E-state index in [0.29, 0.717) is 6.54 Å². The summed E-state index contributed by atoms with van der Waals surface area (Å²) in [6.07, 6.45) is 0. The van der Waals surface area contributed by atoms with Crippen LogP contribution in [0.1, 0.15) is 11.5 Å².